The summed E-state index contributed by atoms with van der Waals surface area (Å²) in [6.07, 6.45) is 6.50. The van der Waals surface area contributed by atoms with Crippen molar-refractivity contribution in [2.75, 3.05) is 0 Å². The van der Waals surface area contributed by atoms with E-state index >= 15 is 0 Å². The molecule has 2 aromatic rings. The van der Waals surface area contributed by atoms with E-state index in [0.29, 0.717) is 5.56 Å². The molecule has 1 aromatic carbocycles. The molecule has 0 spiro atoms. The third-order valence-electron chi connectivity index (χ3n) is 4.12. The summed E-state index contributed by atoms with van der Waals surface area (Å²) < 4.78 is 2.08. The number of hydrogen-bond donors (Lipinski definition) is 0. The molecule has 0 aliphatic heterocycles. The Morgan fingerprint density at radius 3 is 2.32 bits per heavy atom. The molecule has 1 aliphatic carbocycles. The summed E-state index contributed by atoms with van der Waals surface area (Å²) in [6.45, 7) is 3.89. The summed E-state index contributed by atoms with van der Waals surface area (Å²) in [5.74, 6) is 17.2. The lowest BCUT2D eigenvalue weighted by atomic mass is 9.98. The van der Waals surface area contributed by atoms with Crippen LogP contribution >= 0.6 is 0 Å². The highest BCUT2D eigenvalue weighted by Crippen LogP contribution is 2.24. The number of hydrogen-bond acceptors (Lipinski definition) is 1. The van der Waals surface area contributed by atoms with Crippen LogP contribution in [-0.4, -0.2) is 4.57 Å². The fourth-order valence-electron chi connectivity index (χ4n) is 2.92. The Balaban J connectivity index is 1.73. The molecule has 0 fully saturated rings. The maximum absolute atomic E-state index is 8.76. The normalized spacial score (nSPS) is 11.3. The van der Waals surface area contributed by atoms with Crippen molar-refractivity contribution < 1.29 is 0 Å². The van der Waals surface area contributed by atoms with Crippen LogP contribution in [-0.2, 0) is 12.8 Å². The molecule has 0 saturated heterocycles. The zero-order chi connectivity index (χ0) is 17.5. The van der Waals surface area contributed by atoms with Crippen LogP contribution < -0.4 is 0 Å². The molecule has 25 heavy (non-hydrogen) atoms. The predicted molar refractivity (Wildman–Crippen MR) is 100 cm³/mol. The summed E-state index contributed by atoms with van der Waals surface area (Å²) in [6, 6.07) is 11.3. The number of nitriles is 1. The fraction of sp³-hybridized carbons (Fsp3) is 0.174. The minimum atomic E-state index is 0.621. The van der Waals surface area contributed by atoms with Gasteiger partial charge in [-0.1, -0.05) is 12.5 Å². The van der Waals surface area contributed by atoms with E-state index in [2.05, 4.69) is 58.8 Å². The Morgan fingerprint density at radius 2 is 1.60 bits per heavy atom. The first-order valence-corrected chi connectivity index (χ1v) is 8.19. The van der Waals surface area contributed by atoms with E-state index < -0.39 is 0 Å². The SMILES string of the molecule is C=Cn1c(C#CC#CC#Cc2ccc(C#N)cc2)cc2c1CCCC2. The maximum Gasteiger partial charge on any atom is 0.0991 e. The van der Waals surface area contributed by atoms with Gasteiger partial charge < -0.3 is 4.57 Å². The number of nitrogens with zero attached hydrogens (tertiary/aromatic N) is 2. The lowest BCUT2D eigenvalue weighted by molar-refractivity contribution is 0.667. The van der Waals surface area contributed by atoms with Crippen LogP contribution in [0, 0.1) is 46.9 Å². The van der Waals surface area contributed by atoms with Gasteiger partial charge in [0.15, 0.2) is 0 Å². The third kappa shape index (κ3) is 3.85. The Hall–Kier alpha value is -3.59. The molecule has 118 valence electrons. The molecule has 0 atom stereocenters. The molecule has 2 nitrogen and oxygen atoms in total. The van der Waals surface area contributed by atoms with Crippen molar-refractivity contribution in [2.45, 2.75) is 25.7 Å². The molecule has 0 unspecified atom stereocenters. The van der Waals surface area contributed by atoms with Crippen molar-refractivity contribution in [1.29, 1.82) is 5.26 Å². The Morgan fingerprint density at radius 1 is 0.920 bits per heavy atom. The average molecular weight is 320 g/mol. The maximum atomic E-state index is 8.76. The molecule has 0 amide bonds. The summed E-state index contributed by atoms with van der Waals surface area (Å²) in [5, 5.41) is 8.76. The van der Waals surface area contributed by atoms with Crippen LogP contribution in [0.5, 0.6) is 0 Å². The first kappa shape index (κ1) is 16.3. The molecule has 3 rings (SSSR count). The summed E-state index contributed by atoms with van der Waals surface area (Å²) in [4.78, 5) is 0. The zero-order valence-electron chi connectivity index (χ0n) is 13.9. The van der Waals surface area contributed by atoms with Crippen LogP contribution in [0.3, 0.4) is 0 Å². The lowest BCUT2D eigenvalue weighted by Crippen LogP contribution is -2.04. The van der Waals surface area contributed by atoms with Crippen LogP contribution in [0.2, 0.25) is 0 Å². The van der Waals surface area contributed by atoms with Gasteiger partial charge in [0, 0.05) is 17.5 Å². The number of benzene rings is 1. The van der Waals surface area contributed by atoms with Gasteiger partial charge in [-0.3, -0.25) is 0 Å². The molecule has 0 bridgehead atoms. The standard InChI is InChI=1S/C23H16N2/c1-2-25-22(17-21-10-7-8-12-23(21)25)11-6-4-3-5-9-19-13-15-20(18-24)16-14-19/h2,13-17H,1,7-8,10,12H2. The minimum Gasteiger partial charge on any atom is -0.314 e. The molecular formula is C23H16N2. The highest BCUT2D eigenvalue weighted by atomic mass is 15.0. The van der Waals surface area contributed by atoms with Gasteiger partial charge in [-0.05, 0) is 91.2 Å². The van der Waals surface area contributed by atoms with Gasteiger partial charge >= 0.3 is 0 Å². The van der Waals surface area contributed by atoms with Gasteiger partial charge in [-0.25, -0.2) is 0 Å². The second-order valence-corrected chi connectivity index (χ2v) is 5.70. The van der Waals surface area contributed by atoms with E-state index in [-0.39, 0.29) is 0 Å². The second-order valence-electron chi connectivity index (χ2n) is 5.70. The van der Waals surface area contributed by atoms with Gasteiger partial charge in [-0.2, -0.15) is 5.26 Å². The van der Waals surface area contributed by atoms with E-state index in [1.54, 1.807) is 24.3 Å². The minimum absolute atomic E-state index is 0.621. The van der Waals surface area contributed by atoms with Gasteiger partial charge in [0.1, 0.15) is 0 Å². The van der Waals surface area contributed by atoms with E-state index in [1.807, 2.05) is 6.20 Å². The Bertz CT molecular complexity index is 1020. The molecule has 1 aromatic heterocycles. The number of aromatic nitrogens is 1. The number of fused-ring (bicyclic) bond motifs is 1. The van der Waals surface area contributed by atoms with Crippen molar-refractivity contribution in [3.05, 3.63) is 65.0 Å². The van der Waals surface area contributed by atoms with Crippen LogP contribution in [0.15, 0.2) is 36.9 Å². The van der Waals surface area contributed by atoms with Crippen molar-refractivity contribution >= 4 is 6.20 Å². The first-order valence-electron chi connectivity index (χ1n) is 8.19. The topological polar surface area (TPSA) is 28.7 Å². The van der Waals surface area contributed by atoms with E-state index in [4.69, 9.17) is 5.26 Å². The number of rotatable bonds is 1. The zero-order valence-corrected chi connectivity index (χ0v) is 13.9. The molecular weight excluding hydrogens is 304 g/mol. The second kappa shape index (κ2) is 7.79. The van der Waals surface area contributed by atoms with Crippen molar-refractivity contribution in [1.82, 2.24) is 4.57 Å². The highest BCUT2D eigenvalue weighted by Gasteiger charge is 2.15. The molecule has 2 heteroatoms. The van der Waals surface area contributed by atoms with Gasteiger partial charge in [0.05, 0.1) is 17.3 Å². The fourth-order valence-corrected chi connectivity index (χ4v) is 2.92. The van der Waals surface area contributed by atoms with Crippen LogP contribution in [0.25, 0.3) is 6.20 Å². The van der Waals surface area contributed by atoms with Crippen molar-refractivity contribution in [3.8, 4) is 41.6 Å². The largest absolute Gasteiger partial charge is 0.314 e. The van der Waals surface area contributed by atoms with E-state index in [1.165, 1.54) is 24.1 Å². The van der Waals surface area contributed by atoms with E-state index in [0.717, 1.165) is 24.1 Å². The lowest BCUT2D eigenvalue weighted by Gasteiger charge is -2.12. The van der Waals surface area contributed by atoms with Crippen molar-refractivity contribution in [2.24, 2.45) is 0 Å². The molecule has 0 saturated carbocycles. The molecule has 0 radical (unpaired) electrons. The summed E-state index contributed by atoms with van der Waals surface area (Å²) in [7, 11) is 0. The Kier molecular flexibility index (Phi) is 5.07. The molecule has 1 aliphatic rings. The van der Waals surface area contributed by atoms with Gasteiger partial charge in [0.2, 0.25) is 0 Å². The number of aryl methyl sites for hydroxylation is 1. The van der Waals surface area contributed by atoms with Crippen LogP contribution in [0.4, 0.5) is 0 Å². The molecule has 1 heterocycles. The quantitative estimate of drug-likeness (QED) is 0.736. The van der Waals surface area contributed by atoms with E-state index in [9.17, 15) is 0 Å². The highest BCUT2D eigenvalue weighted by molar-refractivity contribution is 5.49. The Labute approximate surface area is 148 Å². The monoisotopic (exact) mass is 320 g/mol. The average Bonchev–Trinajstić information content (AvgIpc) is 3.02. The molecule has 0 N–H and O–H groups in total. The van der Waals surface area contributed by atoms with Gasteiger partial charge in [-0.15, -0.1) is 0 Å². The smallest absolute Gasteiger partial charge is 0.0991 e. The summed E-state index contributed by atoms with van der Waals surface area (Å²) in [5.41, 5.74) is 5.10. The first-order chi connectivity index (χ1) is 12.3. The third-order valence-corrected chi connectivity index (χ3v) is 4.12. The van der Waals surface area contributed by atoms with Crippen molar-refractivity contribution in [3.63, 3.8) is 0 Å². The summed E-state index contributed by atoms with van der Waals surface area (Å²) >= 11 is 0. The van der Waals surface area contributed by atoms with Gasteiger partial charge in [0.25, 0.3) is 0 Å². The predicted octanol–water partition coefficient (Wildman–Crippen LogP) is 3.75. The van der Waals surface area contributed by atoms with Crippen LogP contribution in [0.1, 0.15) is 40.9 Å².